The van der Waals surface area contributed by atoms with Crippen molar-refractivity contribution in [1.29, 1.82) is 0 Å². The minimum atomic E-state index is -0.267. The van der Waals surface area contributed by atoms with Crippen molar-refractivity contribution in [2.75, 3.05) is 10.6 Å². The number of aromatic amines is 1. The first-order valence-electron chi connectivity index (χ1n) is 6.96. The highest BCUT2D eigenvalue weighted by Crippen LogP contribution is 2.25. The van der Waals surface area contributed by atoms with Crippen molar-refractivity contribution in [2.45, 2.75) is 6.54 Å². The second-order valence-electron chi connectivity index (χ2n) is 4.90. The van der Waals surface area contributed by atoms with Crippen LogP contribution in [0.15, 0.2) is 71.5 Å². The first kappa shape index (κ1) is 13.9. The van der Waals surface area contributed by atoms with Crippen molar-refractivity contribution < 1.29 is 0 Å². The van der Waals surface area contributed by atoms with Crippen molar-refractivity contribution >= 4 is 17.5 Å². The van der Waals surface area contributed by atoms with E-state index in [1.54, 1.807) is 0 Å². The summed E-state index contributed by atoms with van der Waals surface area (Å²) in [6.45, 7) is 0.598. The summed E-state index contributed by atoms with van der Waals surface area (Å²) in [7, 11) is 0. The second kappa shape index (κ2) is 6.13. The van der Waals surface area contributed by atoms with Gasteiger partial charge in [-0.05, 0) is 17.7 Å². The molecule has 3 aromatic rings. The molecule has 3 N–H and O–H groups in total. The summed E-state index contributed by atoms with van der Waals surface area (Å²) in [5.74, 6) is 0.632. The van der Waals surface area contributed by atoms with Crippen LogP contribution in [0.5, 0.6) is 0 Å². The number of para-hydroxylation sites is 1. The lowest BCUT2D eigenvalue weighted by molar-refractivity contribution is 0.936. The van der Waals surface area contributed by atoms with E-state index in [1.807, 2.05) is 65.6 Å². The summed E-state index contributed by atoms with van der Waals surface area (Å²) in [6, 6.07) is 21.3. The van der Waals surface area contributed by atoms with Gasteiger partial charge in [0.15, 0.2) is 0 Å². The van der Waals surface area contributed by atoms with Crippen molar-refractivity contribution in [2.24, 2.45) is 0 Å². The van der Waals surface area contributed by atoms with E-state index in [0.29, 0.717) is 12.4 Å². The van der Waals surface area contributed by atoms with E-state index in [9.17, 15) is 4.79 Å². The van der Waals surface area contributed by atoms with Gasteiger partial charge in [-0.3, -0.25) is 9.78 Å². The summed E-state index contributed by atoms with van der Waals surface area (Å²) < 4.78 is 0. The van der Waals surface area contributed by atoms with Crippen LogP contribution >= 0.6 is 0 Å². The molecule has 0 radical (unpaired) electrons. The Kier molecular flexibility index (Phi) is 3.87. The van der Waals surface area contributed by atoms with E-state index in [2.05, 4.69) is 9.97 Å². The summed E-state index contributed by atoms with van der Waals surface area (Å²) in [6.07, 6.45) is 0. The Bertz CT molecular complexity index is 800. The average Bonchev–Trinajstić information content (AvgIpc) is 2.53. The monoisotopic (exact) mass is 292 g/mol. The van der Waals surface area contributed by atoms with Crippen molar-refractivity contribution in [3.63, 3.8) is 0 Å². The molecule has 5 heteroatoms. The van der Waals surface area contributed by atoms with Crippen LogP contribution in [0.3, 0.4) is 0 Å². The van der Waals surface area contributed by atoms with Crippen LogP contribution in [-0.2, 0) is 6.54 Å². The molecule has 0 saturated heterocycles. The molecular formula is C17H16N4O. The lowest BCUT2D eigenvalue weighted by atomic mass is 10.2. The van der Waals surface area contributed by atoms with Gasteiger partial charge in [0.05, 0.1) is 0 Å². The van der Waals surface area contributed by atoms with Gasteiger partial charge in [0.1, 0.15) is 5.82 Å². The van der Waals surface area contributed by atoms with Gasteiger partial charge in [0.2, 0.25) is 5.95 Å². The molecule has 0 atom stereocenters. The number of anilines is 3. The maximum Gasteiger partial charge on any atom is 0.254 e. The van der Waals surface area contributed by atoms with Gasteiger partial charge in [-0.15, -0.1) is 0 Å². The number of H-pyrrole nitrogens is 1. The molecule has 2 aromatic carbocycles. The Morgan fingerprint density at radius 2 is 1.64 bits per heavy atom. The summed E-state index contributed by atoms with van der Waals surface area (Å²) in [5, 5.41) is 0. The lowest BCUT2D eigenvalue weighted by Gasteiger charge is -2.24. The molecule has 0 saturated carbocycles. The molecule has 0 spiro atoms. The molecule has 3 rings (SSSR count). The summed E-state index contributed by atoms with van der Waals surface area (Å²) >= 11 is 0. The van der Waals surface area contributed by atoms with Crippen LogP contribution < -0.4 is 16.2 Å². The minimum Gasteiger partial charge on any atom is -0.369 e. The number of nitrogens with zero attached hydrogens (tertiary/aromatic N) is 2. The zero-order valence-electron chi connectivity index (χ0n) is 11.9. The average molecular weight is 292 g/mol. The SMILES string of the molecule is Nc1nc(N(Cc2ccccc2)c2ccccc2)cc(=O)[nH]1. The molecule has 0 fully saturated rings. The number of nitrogens with two attached hydrogens (primary N) is 1. The molecular weight excluding hydrogens is 276 g/mol. The third-order valence-electron chi connectivity index (χ3n) is 3.27. The number of hydrogen-bond acceptors (Lipinski definition) is 4. The van der Waals surface area contributed by atoms with Gasteiger partial charge in [0.25, 0.3) is 5.56 Å². The van der Waals surface area contributed by atoms with Gasteiger partial charge in [-0.25, -0.2) is 0 Å². The molecule has 0 aliphatic rings. The Balaban J connectivity index is 2.05. The van der Waals surface area contributed by atoms with E-state index in [1.165, 1.54) is 6.07 Å². The number of nitrogens with one attached hydrogen (secondary N) is 1. The fourth-order valence-corrected chi connectivity index (χ4v) is 2.28. The highest BCUT2D eigenvalue weighted by molar-refractivity contribution is 5.60. The molecule has 0 aliphatic carbocycles. The number of nitrogen functional groups attached to an aromatic ring is 1. The number of hydrogen-bond donors (Lipinski definition) is 2. The predicted octanol–water partition coefficient (Wildman–Crippen LogP) is 2.69. The van der Waals surface area contributed by atoms with Crippen molar-refractivity contribution in [1.82, 2.24) is 9.97 Å². The smallest absolute Gasteiger partial charge is 0.254 e. The first-order valence-corrected chi connectivity index (χ1v) is 6.96. The highest BCUT2D eigenvalue weighted by Gasteiger charge is 2.12. The quantitative estimate of drug-likeness (QED) is 0.775. The highest BCUT2D eigenvalue weighted by atomic mass is 16.1. The van der Waals surface area contributed by atoms with Crippen molar-refractivity contribution in [3.05, 3.63) is 82.6 Å². The van der Waals surface area contributed by atoms with E-state index in [4.69, 9.17) is 5.73 Å². The molecule has 22 heavy (non-hydrogen) atoms. The molecule has 0 bridgehead atoms. The van der Waals surface area contributed by atoms with Gasteiger partial charge in [-0.1, -0.05) is 48.5 Å². The minimum absolute atomic E-state index is 0.108. The standard InChI is InChI=1S/C17H16N4O/c18-17-19-15(11-16(22)20-17)21(14-9-5-2-6-10-14)12-13-7-3-1-4-8-13/h1-11H,12H2,(H3,18,19,20,22). The van der Waals surface area contributed by atoms with Crippen LogP contribution in [0, 0.1) is 0 Å². The largest absolute Gasteiger partial charge is 0.369 e. The van der Waals surface area contributed by atoms with Crippen LogP contribution in [0.4, 0.5) is 17.5 Å². The fraction of sp³-hybridized carbons (Fsp3) is 0.0588. The topological polar surface area (TPSA) is 75.0 Å². The predicted molar refractivity (Wildman–Crippen MR) is 88.0 cm³/mol. The normalized spacial score (nSPS) is 10.4. The number of benzene rings is 2. The first-order chi connectivity index (χ1) is 10.7. The van der Waals surface area contributed by atoms with E-state index in [-0.39, 0.29) is 11.5 Å². The summed E-state index contributed by atoms with van der Waals surface area (Å²) in [5.41, 5.74) is 7.47. The molecule has 0 aliphatic heterocycles. The Morgan fingerprint density at radius 1 is 1.00 bits per heavy atom. The number of rotatable bonds is 4. The van der Waals surface area contributed by atoms with Gasteiger partial charge >= 0.3 is 0 Å². The van der Waals surface area contributed by atoms with Gasteiger partial charge in [0, 0.05) is 18.3 Å². The molecule has 0 amide bonds. The lowest BCUT2D eigenvalue weighted by Crippen LogP contribution is -2.21. The molecule has 5 nitrogen and oxygen atoms in total. The fourth-order valence-electron chi connectivity index (χ4n) is 2.28. The van der Waals surface area contributed by atoms with Crippen LogP contribution in [0.2, 0.25) is 0 Å². The third kappa shape index (κ3) is 3.15. The summed E-state index contributed by atoms with van der Waals surface area (Å²) in [4.78, 5) is 20.4. The second-order valence-corrected chi connectivity index (χ2v) is 4.90. The van der Waals surface area contributed by atoms with Crippen LogP contribution in [-0.4, -0.2) is 9.97 Å². The third-order valence-corrected chi connectivity index (χ3v) is 3.27. The van der Waals surface area contributed by atoms with Crippen molar-refractivity contribution in [3.8, 4) is 0 Å². The Hall–Kier alpha value is -3.08. The maximum atomic E-state index is 11.7. The van der Waals surface area contributed by atoms with Crippen LogP contribution in [0.25, 0.3) is 0 Å². The molecule has 0 unspecified atom stereocenters. The Morgan fingerprint density at radius 3 is 2.27 bits per heavy atom. The molecule has 110 valence electrons. The Labute approximate surface area is 128 Å². The van der Waals surface area contributed by atoms with E-state index < -0.39 is 0 Å². The van der Waals surface area contributed by atoms with E-state index >= 15 is 0 Å². The van der Waals surface area contributed by atoms with E-state index in [0.717, 1.165) is 11.3 Å². The molecule has 1 heterocycles. The molecule has 1 aromatic heterocycles. The van der Waals surface area contributed by atoms with Gasteiger partial charge in [-0.2, -0.15) is 4.98 Å². The number of aromatic nitrogens is 2. The zero-order chi connectivity index (χ0) is 15.4. The zero-order valence-corrected chi connectivity index (χ0v) is 11.9. The van der Waals surface area contributed by atoms with Gasteiger partial charge < -0.3 is 10.6 Å². The maximum absolute atomic E-state index is 11.7. The van der Waals surface area contributed by atoms with Crippen LogP contribution in [0.1, 0.15) is 5.56 Å².